The maximum absolute atomic E-state index is 12.2. The molecule has 0 saturated carbocycles. The molecule has 7 heteroatoms. The summed E-state index contributed by atoms with van der Waals surface area (Å²) >= 11 is 1.95. The van der Waals surface area contributed by atoms with Crippen LogP contribution in [0.3, 0.4) is 0 Å². The number of nitrogens with zero attached hydrogens (tertiary/aromatic N) is 2. The summed E-state index contributed by atoms with van der Waals surface area (Å²) in [7, 11) is 0. The zero-order valence-corrected chi connectivity index (χ0v) is 14.7. The molecule has 3 aliphatic heterocycles. The molecule has 3 atom stereocenters. The third kappa shape index (κ3) is 4.12. The molecule has 3 heterocycles. The normalized spacial score (nSPS) is 30.9. The minimum atomic E-state index is -0.0216. The third-order valence-corrected chi connectivity index (χ3v) is 6.75. The molecule has 0 aromatic carbocycles. The number of likely N-dealkylation sites (N-methyl/N-ethyl adjacent to an activating group) is 1. The average Bonchev–Trinajstić information content (AvgIpc) is 3.11. The fourth-order valence-electron chi connectivity index (χ4n) is 3.74. The van der Waals surface area contributed by atoms with Crippen molar-refractivity contribution in [2.45, 2.75) is 49.9 Å². The van der Waals surface area contributed by atoms with Gasteiger partial charge in [-0.1, -0.05) is 13.3 Å². The van der Waals surface area contributed by atoms with E-state index >= 15 is 0 Å². The highest BCUT2D eigenvalue weighted by Crippen LogP contribution is 2.33. The molecule has 2 N–H and O–H groups in total. The fraction of sp³-hybridized carbons (Fsp3) is 0.875. The van der Waals surface area contributed by atoms with E-state index in [-0.39, 0.29) is 12.1 Å². The predicted molar refractivity (Wildman–Crippen MR) is 92.7 cm³/mol. The molecule has 3 fully saturated rings. The van der Waals surface area contributed by atoms with Crippen LogP contribution in [0.5, 0.6) is 0 Å². The number of hydrogen-bond donors (Lipinski definition) is 2. The average molecular weight is 340 g/mol. The lowest BCUT2D eigenvalue weighted by Crippen LogP contribution is -2.48. The van der Waals surface area contributed by atoms with E-state index in [1.165, 1.54) is 0 Å². The molecule has 0 spiro atoms. The number of piperazine rings is 1. The van der Waals surface area contributed by atoms with E-state index in [1.54, 1.807) is 0 Å². The molecule has 3 rings (SSSR count). The number of urea groups is 1. The highest BCUT2D eigenvalue weighted by Gasteiger charge is 2.42. The Kier molecular flexibility index (Phi) is 5.69. The van der Waals surface area contributed by atoms with Gasteiger partial charge in [0, 0.05) is 43.6 Å². The number of hydrogen-bond acceptors (Lipinski definition) is 4. The van der Waals surface area contributed by atoms with Crippen molar-refractivity contribution in [3.8, 4) is 0 Å². The monoisotopic (exact) mass is 340 g/mol. The van der Waals surface area contributed by atoms with Crippen LogP contribution in [-0.4, -0.2) is 77.5 Å². The summed E-state index contributed by atoms with van der Waals surface area (Å²) in [6, 6.07) is 0.561. The van der Waals surface area contributed by atoms with E-state index in [0.717, 1.165) is 57.7 Å². The van der Waals surface area contributed by atoms with Crippen molar-refractivity contribution in [3.05, 3.63) is 0 Å². The van der Waals surface area contributed by atoms with Crippen molar-refractivity contribution in [1.29, 1.82) is 0 Å². The second-order valence-electron chi connectivity index (χ2n) is 6.68. The lowest BCUT2D eigenvalue weighted by atomic mass is 10.0. The van der Waals surface area contributed by atoms with E-state index < -0.39 is 0 Å². The van der Waals surface area contributed by atoms with Gasteiger partial charge in [0.05, 0.1) is 12.1 Å². The highest BCUT2D eigenvalue weighted by molar-refractivity contribution is 8.00. The van der Waals surface area contributed by atoms with E-state index in [4.69, 9.17) is 0 Å². The summed E-state index contributed by atoms with van der Waals surface area (Å²) in [4.78, 5) is 28.0. The molecule has 3 amide bonds. The lowest BCUT2D eigenvalue weighted by molar-refractivity contribution is -0.133. The Morgan fingerprint density at radius 1 is 1.22 bits per heavy atom. The smallest absolute Gasteiger partial charge is 0.315 e. The number of thioether (sulfide) groups is 1. The van der Waals surface area contributed by atoms with E-state index in [1.807, 2.05) is 16.7 Å². The number of amides is 3. The number of carbonyl (C=O) groups is 2. The zero-order valence-electron chi connectivity index (χ0n) is 13.9. The first kappa shape index (κ1) is 16.9. The van der Waals surface area contributed by atoms with Crippen molar-refractivity contribution < 1.29 is 9.59 Å². The Balaban J connectivity index is 1.31. The van der Waals surface area contributed by atoms with Crippen LogP contribution in [-0.2, 0) is 4.79 Å². The lowest BCUT2D eigenvalue weighted by Gasteiger charge is -2.34. The molecule has 0 aromatic heterocycles. The van der Waals surface area contributed by atoms with E-state index in [9.17, 15) is 9.59 Å². The summed E-state index contributed by atoms with van der Waals surface area (Å²) in [5.74, 6) is 1.32. The van der Waals surface area contributed by atoms with Crippen LogP contribution in [0.1, 0.15) is 32.6 Å². The van der Waals surface area contributed by atoms with Crippen molar-refractivity contribution in [1.82, 2.24) is 20.4 Å². The van der Waals surface area contributed by atoms with Gasteiger partial charge in [0.2, 0.25) is 5.91 Å². The van der Waals surface area contributed by atoms with Gasteiger partial charge < -0.3 is 20.4 Å². The van der Waals surface area contributed by atoms with Crippen LogP contribution in [0.2, 0.25) is 0 Å². The fourth-order valence-corrected chi connectivity index (χ4v) is 5.28. The quantitative estimate of drug-likeness (QED) is 0.556. The van der Waals surface area contributed by atoms with Gasteiger partial charge in [-0.15, -0.1) is 0 Å². The minimum Gasteiger partial charge on any atom is -0.340 e. The summed E-state index contributed by atoms with van der Waals surface area (Å²) in [5.41, 5.74) is 0. The van der Waals surface area contributed by atoms with Crippen molar-refractivity contribution >= 4 is 23.7 Å². The Morgan fingerprint density at radius 3 is 2.74 bits per heavy atom. The molecular formula is C16H28N4O2S. The Morgan fingerprint density at radius 2 is 2.00 bits per heavy atom. The van der Waals surface area contributed by atoms with E-state index in [2.05, 4.69) is 22.5 Å². The number of fused-ring (bicyclic) bond motifs is 1. The zero-order chi connectivity index (χ0) is 16.2. The van der Waals surface area contributed by atoms with Crippen molar-refractivity contribution in [2.24, 2.45) is 0 Å². The summed E-state index contributed by atoms with van der Waals surface area (Å²) in [5, 5.41) is 6.50. The minimum absolute atomic E-state index is 0.0216. The molecular weight excluding hydrogens is 312 g/mol. The molecule has 3 saturated heterocycles. The van der Waals surface area contributed by atoms with Crippen LogP contribution >= 0.6 is 11.8 Å². The molecule has 130 valence electrons. The molecule has 0 radical (unpaired) electrons. The Hall–Kier alpha value is -0.950. The Labute approximate surface area is 142 Å². The number of unbranched alkanes of at least 4 members (excludes halogenated alkanes) is 1. The van der Waals surface area contributed by atoms with Gasteiger partial charge >= 0.3 is 6.03 Å². The van der Waals surface area contributed by atoms with Crippen LogP contribution in [0, 0.1) is 0 Å². The summed E-state index contributed by atoms with van der Waals surface area (Å²) in [6.45, 7) is 7.03. The van der Waals surface area contributed by atoms with Gasteiger partial charge in [-0.2, -0.15) is 11.8 Å². The molecule has 0 bridgehead atoms. The van der Waals surface area contributed by atoms with Gasteiger partial charge in [-0.3, -0.25) is 4.79 Å². The second-order valence-corrected chi connectivity index (χ2v) is 7.95. The highest BCUT2D eigenvalue weighted by atomic mass is 32.2. The number of nitrogens with one attached hydrogen (secondary N) is 2. The maximum atomic E-state index is 12.2. The molecule has 0 aromatic rings. The predicted octanol–water partition coefficient (Wildman–Crippen LogP) is 0.876. The standard InChI is InChI=1S/C16H28N4O2S/c1-2-19-7-9-20(10-8-19)14(21)6-4-3-5-13-15-12(11-23-13)17-16(22)18-15/h12-13,15H,2-11H2,1H3,(H2,17,18,22). The number of carbonyl (C=O) groups excluding carboxylic acids is 2. The molecule has 3 unspecified atom stereocenters. The number of rotatable bonds is 6. The third-order valence-electron chi connectivity index (χ3n) is 5.24. The maximum Gasteiger partial charge on any atom is 0.315 e. The van der Waals surface area contributed by atoms with Gasteiger partial charge in [0.25, 0.3) is 0 Å². The molecule has 6 nitrogen and oxygen atoms in total. The first-order valence-corrected chi connectivity index (χ1v) is 9.91. The van der Waals surface area contributed by atoms with Crippen LogP contribution in [0.15, 0.2) is 0 Å². The molecule has 3 aliphatic rings. The second kappa shape index (κ2) is 7.75. The summed E-state index contributed by atoms with van der Waals surface area (Å²) < 4.78 is 0. The van der Waals surface area contributed by atoms with Gasteiger partial charge in [-0.05, 0) is 19.4 Å². The summed E-state index contributed by atoms with van der Waals surface area (Å²) in [6.07, 6.45) is 3.78. The Bertz CT molecular complexity index is 440. The first-order chi connectivity index (χ1) is 11.2. The van der Waals surface area contributed by atoms with E-state index in [0.29, 0.717) is 23.6 Å². The van der Waals surface area contributed by atoms with Gasteiger partial charge in [0.15, 0.2) is 0 Å². The largest absolute Gasteiger partial charge is 0.340 e. The van der Waals surface area contributed by atoms with Gasteiger partial charge in [0.1, 0.15) is 0 Å². The van der Waals surface area contributed by atoms with Crippen molar-refractivity contribution in [3.63, 3.8) is 0 Å². The first-order valence-electron chi connectivity index (χ1n) is 8.86. The van der Waals surface area contributed by atoms with Crippen LogP contribution < -0.4 is 10.6 Å². The molecule has 0 aliphatic carbocycles. The molecule has 23 heavy (non-hydrogen) atoms. The topological polar surface area (TPSA) is 64.7 Å². The van der Waals surface area contributed by atoms with Crippen LogP contribution in [0.4, 0.5) is 4.79 Å². The SMILES string of the molecule is CCN1CCN(C(=O)CCCCC2SCC3NC(=O)NC32)CC1. The van der Waals surface area contributed by atoms with Crippen LogP contribution in [0.25, 0.3) is 0 Å². The van der Waals surface area contributed by atoms with Crippen molar-refractivity contribution in [2.75, 3.05) is 38.5 Å². The van der Waals surface area contributed by atoms with Gasteiger partial charge in [-0.25, -0.2) is 4.79 Å².